The molecular formula is C26H34N4O3. The summed E-state index contributed by atoms with van der Waals surface area (Å²) in [5.74, 6) is 1.50. The predicted molar refractivity (Wildman–Crippen MR) is 125 cm³/mol. The summed E-state index contributed by atoms with van der Waals surface area (Å²) >= 11 is 0. The molecule has 1 aliphatic heterocycles. The van der Waals surface area contributed by atoms with E-state index in [1.807, 2.05) is 10.7 Å². The average Bonchev–Trinajstić information content (AvgIpc) is 3.47. The van der Waals surface area contributed by atoms with Crippen LogP contribution in [0.1, 0.15) is 85.2 Å². The van der Waals surface area contributed by atoms with Gasteiger partial charge in [0, 0.05) is 19.9 Å². The summed E-state index contributed by atoms with van der Waals surface area (Å²) in [5.41, 5.74) is 4.34. The highest BCUT2D eigenvalue weighted by Crippen LogP contribution is 2.44. The van der Waals surface area contributed by atoms with Crippen LogP contribution >= 0.6 is 0 Å². The van der Waals surface area contributed by atoms with Gasteiger partial charge >= 0.3 is 0 Å². The van der Waals surface area contributed by atoms with Gasteiger partial charge in [0.05, 0.1) is 35.6 Å². The van der Waals surface area contributed by atoms with Gasteiger partial charge in [0.25, 0.3) is 5.91 Å². The first-order valence-corrected chi connectivity index (χ1v) is 12.4. The molecule has 2 aliphatic carbocycles. The van der Waals surface area contributed by atoms with Gasteiger partial charge in [-0.15, -0.1) is 0 Å². The molecule has 1 atom stereocenters. The van der Waals surface area contributed by atoms with Gasteiger partial charge in [-0.2, -0.15) is 5.10 Å². The van der Waals surface area contributed by atoms with Crippen LogP contribution in [-0.4, -0.2) is 28.2 Å². The zero-order chi connectivity index (χ0) is 23.0. The molecule has 2 aromatic rings. The van der Waals surface area contributed by atoms with E-state index in [2.05, 4.69) is 29.7 Å². The number of aryl methyl sites for hydroxylation is 2. The molecule has 0 bridgehead atoms. The van der Waals surface area contributed by atoms with Crippen molar-refractivity contribution in [3.05, 3.63) is 46.3 Å². The summed E-state index contributed by atoms with van der Waals surface area (Å²) in [4.78, 5) is 25.0. The van der Waals surface area contributed by atoms with Gasteiger partial charge in [-0.1, -0.05) is 32.3 Å². The highest BCUT2D eigenvalue weighted by atomic mass is 16.5. The Hall–Kier alpha value is -2.83. The Kier molecular flexibility index (Phi) is 5.89. The highest BCUT2D eigenvalue weighted by molar-refractivity contribution is 5.98. The number of benzene rings is 1. The lowest BCUT2D eigenvalue weighted by Gasteiger charge is -2.35. The quantitative estimate of drug-likeness (QED) is 0.572. The van der Waals surface area contributed by atoms with E-state index in [9.17, 15) is 9.59 Å². The van der Waals surface area contributed by atoms with Crippen molar-refractivity contribution in [1.82, 2.24) is 20.4 Å². The van der Waals surface area contributed by atoms with Crippen LogP contribution in [-0.2, 0) is 36.3 Å². The van der Waals surface area contributed by atoms with Crippen LogP contribution in [0.25, 0.3) is 0 Å². The minimum absolute atomic E-state index is 0.0783. The van der Waals surface area contributed by atoms with Crippen molar-refractivity contribution < 1.29 is 14.3 Å². The molecule has 176 valence electrons. The number of nitrogens with one attached hydrogen (secondary N) is 2. The van der Waals surface area contributed by atoms with Crippen LogP contribution in [0.15, 0.2) is 18.2 Å². The van der Waals surface area contributed by atoms with Crippen LogP contribution in [0.5, 0.6) is 5.75 Å². The Balaban J connectivity index is 1.42. The number of amides is 2. The molecule has 1 saturated carbocycles. The summed E-state index contributed by atoms with van der Waals surface area (Å²) in [7, 11) is 0. The molecule has 2 heterocycles. The minimum Gasteiger partial charge on any atom is -0.494 e. The summed E-state index contributed by atoms with van der Waals surface area (Å²) < 4.78 is 7.87. The number of hydrogen-bond acceptors (Lipinski definition) is 4. The minimum atomic E-state index is -0.414. The fraction of sp³-hybridized carbons (Fsp3) is 0.577. The fourth-order valence-electron chi connectivity index (χ4n) is 5.30. The third-order valence-electron chi connectivity index (χ3n) is 7.31. The van der Waals surface area contributed by atoms with Crippen LogP contribution in [0.3, 0.4) is 0 Å². The van der Waals surface area contributed by atoms with E-state index in [4.69, 9.17) is 9.84 Å². The van der Waals surface area contributed by atoms with E-state index in [0.29, 0.717) is 18.5 Å². The number of unbranched alkanes of at least 4 members (excludes halogenated alkanes) is 1. The second kappa shape index (κ2) is 8.84. The number of hydrogen-bond donors (Lipinski definition) is 2. The first-order chi connectivity index (χ1) is 16.0. The number of ether oxygens (including phenoxy) is 1. The SMILES string of the molecule is CCCCOc1ccc2c(c1)CC[C@]21Cc2nn(CCC3CC3)c(CNC(C)=O)c2C(=O)N1. The number of nitrogens with zero attached hydrogens (tertiary/aromatic N) is 2. The molecule has 7 nitrogen and oxygen atoms in total. The lowest BCUT2D eigenvalue weighted by molar-refractivity contribution is -0.119. The first kappa shape index (κ1) is 22.0. The zero-order valence-electron chi connectivity index (χ0n) is 19.7. The Bertz CT molecular complexity index is 1070. The second-order valence-electron chi connectivity index (χ2n) is 9.87. The standard InChI is InChI=1S/C26H34N4O3/c1-3-4-13-33-20-7-8-21-19(14-20)9-11-26(21)15-22-24(25(32)28-26)23(16-27-17(2)31)30(29-22)12-10-18-5-6-18/h7-8,14,18H,3-6,9-13,15-16H2,1-2H3,(H,27,31)(H,28,32)/t26-/m0/s1. The van der Waals surface area contributed by atoms with Crippen LogP contribution in [0, 0.1) is 5.92 Å². The molecule has 7 heteroatoms. The number of carbonyl (C=O) groups is 2. The Morgan fingerprint density at radius 3 is 2.97 bits per heavy atom. The van der Waals surface area contributed by atoms with E-state index in [0.717, 1.165) is 68.3 Å². The van der Waals surface area contributed by atoms with E-state index < -0.39 is 5.54 Å². The second-order valence-corrected chi connectivity index (χ2v) is 9.87. The van der Waals surface area contributed by atoms with Crippen LogP contribution < -0.4 is 15.4 Å². The van der Waals surface area contributed by atoms with Gasteiger partial charge in [0.15, 0.2) is 0 Å². The smallest absolute Gasteiger partial charge is 0.255 e. The van der Waals surface area contributed by atoms with Gasteiger partial charge in [-0.25, -0.2) is 0 Å². The molecule has 1 aromatic heterocycles. The predicted octanol–water partition coefficient (Wildman–Crippen LogP) is 3.63. The fourth-order valence-corrected chi connectivity index (χ4v) is 5.30. The topological polar surface area (TPSA) is 85.2 Å². The largest absolute Gasteiger partial charge is 0.494 e. The van der Waals surface area contributed by atoms with Crippen molar-refractivity contribution in [2.45, 2.75) is 83.8 Å². The zero-order valence-corrected chi connectivity index (χ0v) is 19.7. The van der Waals surface area contributed by atoms with Gasteiger partial charge < -0.3 is 15.4 Å². The van der Waals surface area contributed by atoms with Gasteiger partial charge in [-0.3, -0.25) is 14.3 Å². The Labute approximate surface area is 195 Å². The molecule has 33 heavy (non-hydrogen) atoms. The summed E-state index contributed by atoms with van der Waals surface area (Å²) in [6.45, 7) is 5.52. The van der Waals surface area contributed by atoms with E-state index in [1.54, 1.807) is 0 Å². The number of rotatable bonds is 9. The number of fused-ring (bicyclic) bond motifs is 3. The normalized spacial score (nSPS) is 21.0. The molecule has 0 unspecified atom stereocenters. The summed E-state index contributed by atoms with van der Waals surface area (Å²) in [5, 5.41) is 11.1. The first-order valence-electron chi connectivity index (χ1n) is 12.4. The summed E-state index contributed by atoms with van der Waals surface area (Å²) in [6, 6.07) is 6.29. The lowest BCUT2D eigenvalue weighted by atomic mass is 9.82. The van der Waals surface area contributed by atoms with Gasteiger partial charge in [0.1, 0.15) is 5.75 Å². The molecule has 0 radical (unpaired) electrons. The van der Waals surface area contributed by atoms with Crippen molar-refractivity contribution in [2.24, 2.45) is 5.92 Å². The number of aromatic nitrogens is 2. The molecule has 3 aliphatic rings. The molecule has 2 N–H and O–H groups in total. The van der Waals surface area contributed by atoms with Crippen LogP contribution in [0.4, 0.5) is 0 Å². The average molecular weight is 451 g/mol. The molecule has 0 saturated heterocycles. The van der Waals surface area contributed by atoms with Crippen molar-refractivity contribution in [2.75, 3.05) is 6.61 Å². The lowest BCUT2D eigenvalue weighted by Crippen LogP contribution is -2.50. The monoisotopic (exact) mass is 450 g/mol. The van der Waals surface area contributed by atoms with E-state index in [1.165, 1.54) is 30.9 Å². The van der Waals surface area contributed by atoms with Gasteiger partial charge in [-0.05, 0) is 54.9 Å². The Morgan fingerprint density at radius 1 is 1.36 bits per heavy atom. The van der Waals surface area contributed by atoms with Crippen LogP contribution in [0.2, 0.25) is 0 Å². The van der Waals surface area contributed by atoms with Gasteiger partial charge in [0.2, 0.25) is 5.91 Å². The molecule has 1 spiro atoms. The molecule has 5 rings (SSSR count). The number of carbonyl (C=O) groups excluding carboxylic acids is 2. The maximum Gasteiger partial charge on any atom is 0.255 e. The third kappa shape index (κ3) is 4.37. The van der Waals surface area contributed by atoms with Crippen molar-refractivity contribution >= 4 is 11.8 Å². The van der Waals surface area contributed by atoms with Crippen molar-refractivity contribution in [3.8, 4) is 5.75 Å². The van der Waals surface area contributed by atoms with Crippen molar-refractivity contribution in [1.29, 1.82) is 0 Å². The van der Waals surface area contributed by atoms with E-state index in [-0.39, 0.29) is 11.8 Å². The molecular weight excluding hydrogens is 416 g/mol. The maximum atomic E-state index is 13.4. The highest BCUT2D eigenvalue weighted by Gasteiger charge is 2.46. The molecule has 2 amide bonds. The Morgan fingerprint density at radius 2 is 2.21 bits per heavy atom. The third-order valence-corrected chi connectivity index (χ3v) is 7.31. The molecule has 1 aromatic carbocycles. The van der Waals surface area contributed by atoms with Crippen molar-refractivity contribution in [3.63, 3.8) is 0 Å². The maximum absolute atomic E-state index is 13.4. The summed E-state index contributed by atoms with van der Waals surface area (Å²) in [6.07, 6.45) is 8.26. The van der Waals surface area contributed by atoms with E-state index >= 15 is 0 Å². The molecule has 1 fully saturated rings.